The second kappa shape index (κ2) is 10.6. The topological polar surface area (TPSA) is 111 Å². The second-order valence-electron chi connectivity index (χ2n) is 9.71. The molecule has 186 valence electrons. The molecule has 0 radical (unpaired) electrons. The van der Waals surface area contributed by atoms with Gasteiger partial charge in [0.1, 0.15) is 6.61 Å². The maximum Gasteiger partial charge on any atom is 0.407 e. The molecule has 4 rings (SSSR count). The number of amides is 3. The van der Waals surface area contributed by atoms with Crippen LogP contribution in [-0.2, 0) is 14.3 Å². The van der Waals surface area contributed by atoms with Gasteiger partial charge in [0.05, 0.1) is 12.5 Å². The smallest absolute Gasteiger partial charge is 0.407 e. The molecular formula is C29H31N3O4. The zero-order chi connectivity index (χ0) is 25.7. The highest BCUT2D eigenvalue weighted by Crippen LogP contribution is 2.44. The number of fused-ring (bicyclic) bond motifs is 3. The van der Waals surface area contributed by atoms with Crippen LogP contribution in [0.25, 0.3) is 11.1 Å². The van der Waals surface area contributed by atoms with E-state index in [4.69, 9.17) is 10.5 Å². The van der Waals surface area contributed by atoms with Crippen molar-refractivity contribution in [2.24, 2.45) is 5.73 Å². The fourth-order valence-electron chi connectivity index (χ4n) is 4.74. The molecule has 1 aliphatic rings. The number of nitrogens with one attached hydrogen (secondary N) is 2. The highest BCUT2D eigenvalue weighted by Gasteiger charge is 2.31. The number of primary amides is 1. The number of carbonyl (C=O) groups is 3. The van der Waals surface area contributed by atoms with Gasteiger partial charge in [0.15, 0.2) is 0 Å². The summed E-state index contributed by atoms with van der Waals surface area (Å²) in [7, 11) is 0. The van der Waals surface area contributed by atoms with E-state index < -0.39 is 23.6 Å². The van der Waals surface area contributed by atoms with Gasteiger partial charge in [-0.2, -0.15) is 0 Å². The molecule has 1 atom stereocenters. The minimum atomic E-state index is -0.874. The van der Waals surface area contributed by atoms with E-state index in [0.29, 0.717) is 0 Å². The molecule has 0 saturated carbocycles. The van der Waals surface area contributed by atoms with Crippen LogP contribution in [0, 0.1) is 0 Å². The number of benzene rings is 3. The van der Waals surface area contributed by atoms with Crippen LogP contribution in [0.4, 0.5) is 4.79 Å². The third kappa shape index (κ3) is 5.92. The van der Waals surface area contributed by atoms with Gasteiger partial charge in [0.2, 0.25) is 11.8 Å². The molecule has 0 heterocycles. The summed E-state index contributed by atoms with van der Waals surface area (Å²) in [6.45, 7) is 3.69. The summed E-state index contributed by atoms with van der Waals surface area (Å²) in [5, 5.41) is 5.66. The summed E-state index contributed by atoms with van der Waals surface area (Å²) in [6, 6.07) is 24.9. The summed E-state index contributed by atoms with van der Waals surface area (Å²) in [5.74, 6) is -0.871. The number of hydrogen-bond donors (Lipinski definition) is 3. The predicted molar refractivity (Wildman–Crippen MR) is 138 cm³/mol. The first-order chi connectivity index (χ1) is 17.2. The van der Waals surface area contributed by atoms with Crippen LogP contribution in [0.3, 0.4) is 0 Å². The number of ether oxygens (including phenoxy) is 1. The highest BCUT2D eigenvalue weighted by atomic mass is 16.5. The van der Waals surface area contributed by atoms with Crippen molar-refractivity contribution in [2.75, 3.05) is 6.61 Å². The molecule has 3 amide bonds. The van der Waals surface area contributed by atoms with Crippen LogP contribution in [0.15, 0.2) is 78.9 Å². The number of alkyl carbamates (subject to hydrolysis) is 1. The number of nitrogens with two attached hydrogens (primary N) is 1. The van der Waals surface area contributed by atoms with Gasteiger partial charge in [-0.05, 0) is 41.7 Å². The Bertz CT molecular complexity index is 1210. The van der Waals surface area contributed by atoms with Crippen LogP contribution in [0.5, 0.6) is 0 Å². The minimum absolute atomic E-state index is 0.000703. The normalized spacial score (nSPS) is 13.3. The van der Waals surface area contributed by atoms with Gasteiger partial charge in [-0.3, -0.25) is 9.59 Å². The molecule has 36 heavy (non-hydrogen) atoms. The quantitative estimate of drug-likeness (QED) is 0.416. The van der Waals surface area contributed by atoms with Crippen molar-refractivity contribution in [2.45, 2.75) is 44.2 Å². The molecule has 0 bridgehead atoms. The van der Waals surface area contributed by atoms with E-state index in [-0.39, 0.29) is 31.3 Å². The maximum atomic E-state index is 12.8. The third-order valence-electron chi connectivity index (χ3n) is 6.33. The first-order valence-corrected chi connectivity index (χ1v) is 12.0. The lowest BCUT2D eigenvalue weighted by Gasteiger charge is -2.27. The monoisotopic (exact) mass is 485 g/mol. The van der Waals surface area contributed by atoms with Crippen molar-refractivity contribution in [3.63, 3.8) is 0 Å². The van der Waals surface area contributed by atoms with Crippen molar-refractivity contribution in [1.82, 2.24) is 10.6 Å². The van der Waals surface area contributed by atoms with Gasteiger partial charge in [-0.15, -0.1) is 0 Å². The number of rotatable bonds is 9. The molecule has 0 aliphatic heterocycles. The summed E-state index contributed by atoms with van der Waals surface area (Å²) in [6.07, 6.45) is -0.610. The third-order valence-corrected chi connectivity index (χ3v) is 6.33. The fraction of sp³-hybridized carbons (Fsp3) is 0.276. The standard InChI is InChI=1S/C29H31N3O4/c1-29(2,17-27(34)31-25(16-26(30)33)19-10-4-3-5-11-19)32-28(35)36-18-24-22-14-8-6-12-20(22)21-13-7-9-15-23(21)24/h3-15,24-25H,16-18H2,1-2H3,(H2,30,33)(H,31,34)(H,32,35)/t25-/m0/s1. The van der Waals surface area contributed by atoms with E-state index in [0.717, 1.165) is 27.8 Å². The molecule has 1 aliphatic carbocycles. The molecule has 7 heteroatoms. The highest BCUT2D eigenvalue weighted by molar-refractivity contribution is 5.81. The summed E-state index contributed by atoms with van der Waals surface area (Å²) in [5.41, 5.74) is 9.86. The van der Waals surface area contributed by atoms with Gasteiger partial charge in [0.25, 0.3) is 0 Å². The molecule has 3 aromatic rings. The van der Waals surface area contributed by atoms with E-state index in [1.165, 1.54) is 0 Å². The van der Waals surface area contributed by atoms with Gasteiger partial charge in [-0.1, -0.05) is 78.9 Å². The first kappa shape index (κ1) is 25.0. The molecule has 0 fully saturated rings. The number of carbonyl (C=O) groups excluding carboxylic acids is 3. The van der Waals surface area contributed by atoms with Crippen LogP contribution in [0.2, 0.25) is 0 Å². The summed E-state index contributed by atoms with van der Waals surface area (Å²) >= 11 is 0. The Kier molecular flexibility index (Phi) is 7.38. The van der Waals surface area contributed by atoms with E-state index in [1.54, 1.807) is 13.8 Å². The largest absolute Gasteiger partial charge is 0.449 e. The van der Waals surface area contributed by atoms with Crippen LogP contribution in [-0.4, -0.2) is 30.1 Å². The lowest BCUT2D eigenvalue weighted by molar-refractivity contribution is -0.123. The van der Waals surface area contributed by atoms with Crippen LogP contribution < -0.4 is 16.4 Å². The zero-order valence-electron chi connectivity index (χ0n) is 20.5. The van der Waals surface area contributed by atoms with Gasteiger partial charge in [0, 0.05) is 17.9 Å². The van der Waals surface area contributed by atoms with Crippen LogP contribution >= 0.6 is 0 Å². The minimum Gasteiger partial charge on any atom is -0.449 e. The average molecular weight is 486 g/mol. The van der Waals surface area contributed by atoms with Gasteiger partial charge < -0.3 is 21.1 Å². The average Bonchev–Trinajstić information content (AvgIpc) is 3.15. The van der Waals surface area contributed by atoms with Crippen molar-refractivity contribution in [1.29, 1.82) is 0 Å². The number of hydrogen-bond acceptors (Lipinski definition) is 4. The van der Waals surface area contributed by atoms with Crippen molar-refractivity contribution in [3.05, 3.63) is 95.6 Å². The molecule has 0 aromatic heterocycles. The van der Waals surface area contributed by atoms with Crippen LogP contribution in [0.1, 0.15) is 55.3 Å². The maximum absolute atomic E-state index is 12.8. The van der Waals surface area contributed by atoms with E-state index in [1.807, 2.05) is 54.6 Å². The van der Waals surface area contributed by atoms with E-state index in [2.05, 4.69) is 34.9 Å². The Labute approximate surface area is 211 Å². The Morgan fingerprint density at radius 2 is 1.44 bits per heavy atom. The molecule has 4 N–H and O–H groups in total. The molecular weight excluding hydrogens is 454 g/mol. The molecule has 0 saturated heterocycles. The van der Waals surface area contributed by atoms with Crippen molar-refractivity contribution < 1.29 is 19.1 Å². The fourth-order valence-corrected chi connectivity index (χ4v) is 4.74. The van der Waals surface area contributed by atoms with Gasteiger partial charge in [-0.25, -0.2) is 4.79 Å². The predicted octanol–water partition coefficient (Wildman–Crippen LogP) is 4.43. The van der Waals surface area contributed by atoms with E-state index in [9.17, 15) is 14.4 Å². The lowest BCUT2D eigenvalue weighted by atomic mass is 9.98. The van der Waals surface area contributed by atoms with Gasteiger partial charge >= 0.3 is 6.09 Å². The SMILES string of the molecule is CC(C)(CC(=O)N[C@@H](CC(N)=O)c1ccccc1)NC(=O)OCC1c2ccccc2-c2ccccc21. The van der Waals surface area contributed by atoms with Crippen molar-refractivity contribution in [3.8, 4) is 11.1 Å². The first-order valence-electron chi connectivity index (χ1n) is 12.0. The van der Waals surface area contributed by atoms with E-state index >= 15 is 0 Å². The Hall–Kier alpha value is -4.13. The lowest BCUT2D eigenvalue weighted by Crippen LogP contribution is -2.47. The molecule has 0 spiro atoms. The Morgan fingerprint density at radius 3 is 2.03 bits per heavy atom. The second-order valence-corrected chi connectivity index (χ2v) is 9.71. The Balaban J connectivity index is 1.34. The summed E-state index contributed by atoms with van der Waals surface area (Å²) < 4.78 is 5.62. The zero-order valence-corrected chi connectivity index (χ0v) is 20.5. The molecule has 7 nitrogen and oxygen atoms in total. The Morgan fingerprint density at radius 1 is 0.889 bits per heavy atom. The molecule has 3 aromatic carbocycles. The molecule has 0 unspecified atom stereocenters. The van der Waals surface area contributed by atoms with Crippen molar-refractivity contribution >= 4 is 17.9 Å². The summed E-state index contributed by atoms with van der Waals surface area (Å²) in [4.78, 5) is 37.0.